The summed E-state index contributed by atoms with van der Waals surface area (Å²) in [5.74, 6) is 0.121. The SMILES string of the molecule is Cc1ccc(S(=O)(=O)N(CC(=O)N/N=C\c2ccc(OCc3ccc4ccccc4c3)cc2)c2ccc(Br)cc2)cc1. The predicted octanol–water partition coefficient (Wildman–Crippen LogP) is 6.84. The summed E-state index contributed by atoms with van der Waals surface area (Å²) in [4.78, 5) is 12.9. The number of hydrogen-bond acceptors (Lipinski definition) is 5. The van der Waals surface area contributed by atoms with E-state index < -0.39 is 22.5 Å². The number of hydrogen-bond donors (Lipinski definition) is 1. The Balaban J connectivity index is 1.21. The fourth-order valence-electron chi connectivity index (χ4n) is 4.25. The van der Waals surface area contributed by atoms with Gasteiger partial charge < -0.3 is 4.74 Å². The van der Waals surface area contributed by atoms with E-state index in [9.17, 15) is 13.2 Å². The molecule has 0 aliphatic heterocycles. The molecule has 9 heteroatoms. The van der Waals surface area contributed by atoms with E-state index in [-0.39, 0.29) is 4.90 Å². The summed E-state index contributed by atoms with van der Waals surface area (Å²) in [7, 11) is -4.01. The van der Waals surface area contributed by atoms with Crippen LogP contribution in [0.15, 0.2) is 130 Å². The minimum atomic E-state index is -4.01. The number of ether oxygens (including phenoxy) is 1. The number of carbonyl (C=O) groups excluding carboxylic acids is 1. The molecule has 5 aromatic rings. The molecule has 1 amide bonds. The van der Waals surface area contributed by atoms with Gasteiger partial charge in [-0.25, -0.2) is 13.8 Å². The minimum absolute atomic E-state index is 0.0928. The highest BCUT2D eigenvalue weighted by Crippen LogP contribution is 2.25. The Morgan fingerprint density at radius 3 is 2.29 bits per heavy atom. The molecule has 0 fully saturated rings. The number of halogens is 1. The van der Waals surface area contributed by atoms with Gasteiger partial charge in [-0.1, -0.05) is 70.0 Å². The van der Waals surface area contributed by atoms with Crippen LogP contribution in [0, 0.1) is 6.92 Å². The zero-order chi connectivity index (χ0) is 29.5. The van der Waals surface area contributed by atoms with Gasteiger partial charge in [0, 0.05) is 4.47 Å². The minimum Gasteiger partial charge on any atom is -0.489 e. The van der Waals surface area contributed by atoms with Crippen molar-refractivity contribution in [3.05, 3.63) is 136 Å². The van der Waals surface area contributed by atoms with Crippen molar-refractivity contribution in [3.63, 3.8) is 0 Å². The summed E-state index contributed by atoms with van der Waals surface area (Å²) in [6, 6.07) is 34.9. The van der Waals surface area contributed by atoms with Crippen LogP contribution in [0.4, 0.5) is 5.69 Å². The molecule has 0 heterocycles. The molecule has 0 aliphatic carbocycles. The zero-order valence-corrected chi connectivity index (χ0v) is 25.2. The molecule has 0 saturated carbocycles. The first-order chi connectivity index (χ1) is 20.3. The van der Waals surface area contributed by atoms with Gasteiger partial charge in [-0.3, -0.25) is 9.10 Å². The highest BCUT2D eigenvalue weighted by Gasteiger charge is 2.27. The molecule has 0 radical (unpaired) electrons. The number of hydrazone groups is 1. The Hall–Kier alpha value is -4.47. The Morgan fingerprint density at radius 2 is 1.57 bits per heavy atom. The van der Waals surface area contributed by atoms with Gasteiger partial charge in [0.2, 0.25) is 0 Å². The van der Waals surface area contributed by atoms with Gasteiger partial charge in [0.15, 0.2) is 0 Å². The Kier molecular flexibility index (Phi) is 9.00. The summed E-state index contributed by atoms with van der Waals surface area (Å²) in [5.41, 5.74) is 5.54. The fourth-order valence-corrected chi connectivity index (χ4v) is 5.94. The number of aryl methyl sites for hydroxylation is 1. The first-order valence-corrected chi connectivity index (χ1v) is 15.4. The van der Waals surface area contributed by atoms with Crippen LogP contribution < -0.4 is 14.5 Å². The lowest BCUT2D eigenvalue weighted by Crippen LogP contribution is -2.39. The van der Waals surface area contributed by atoms with E-state index in [0.29, 0.717) is 18.0 Å². The van der Waals surface area contributed by atoms with Gasteiger partial charge in [-0.15, -0.1) is 0 Å². The molecule has 0 aromatic heterocycles. The summed E-state index contributed by atoms with van der Waals surface area (Å²) < 4.78 is 34.7. The highest BCUT2D eigenvalue weighted by molar-refractivity contribution is 9.10. The van der Waals surface area contributed by atoms with Crippen LogP contribution in [0.2, 0.25) is 0 Å². The monoisotopic (exact) mass is 641 g/mol. The number of sulfonamides is 1. The maximum absolute atomic E-state index is 13.5. The van der Waals surface area contributed by atoms with E-state index in [1.807, 2.05) is 43.3 Å². The first-order valence-electron chi connectivity index (χ1n) is 13.2. The second-order valence-electron chi connectivity index (χ2n) is 9.63. The number of amides is 1. The van der Waals surface area contributed by atoms with E-state index in [4.69, 9.17) is 4.74 Å². The quantitative estimate of drug-likeness (QED) is 0.134. The second-order valence-corrected chi connectivity index (χ2v) is 12.4. The second kappa shape index (κ2) is 13.0. The van der Waals surface area contributed by atoms with Crippen molar-refractivity contribution in [3.8, 4) is 5.75 Å². The first kappa shape index (κ1) is 29.0. The fraction of sp³-hybridized carbons (Fsp3) is 0.0909. The Morgan fingerprint density at radius 1 is 0.881 bits per heavy atom. The van der Waals surface area contributed by atoms with Crippen molar-refractivity contribution in [2.75, 3.05) is 10.8 Å². The van der Waals surface area contributed by atoms with Gasteiger partial charge in [0.1, 0.15) is 18.9 Å². The average molecular weight is 643 g/mol. The number of carbonyl (C=O) groups is 1. The number of anilines is 1. The van der Waals surface area contributed by atoms with Gasteiger partial charge >= 0.3 is 0 Å². The number of fused-ring (bicyclic) bond motifs is 1. The molecule has 5 aromatic carbocycles. The Bertz CT molecular complexity index is 1820. The van der Waals surface area contributed by atoms with Crippen LogP contribution in [-0.4, -0.2) is 27.1 Å². The topological polar surface area (TPSA) is 88.1 Å². The van der Waals surface area contributed by atoms with Crippen LogP contribution in [0.5, 0.6) is 5.75 Å². The maximum atomic E-state index is 13.5. The van der Waals surface area contributed by atoms with Crippen molar-refractivity contribution in [1.82, 2.24) is 5.43 Å². The molecule has 7 nitrogen and oxygen atoms in total. The lowest BCUT2D eigenvalue weighted by atomic mass is 10.1. The van der Waals surface area contributed by atoms with Crippen LogP contribution in [0.1, 0.15) is 16.7 Å². The van der Waals surface area contributed by atoms with Crippen molar-refractivity contribution in [2.45, 2.75) is 18.4 Å². The van der Waals surface area contributed by atoms with E-state index in [1.165, 1.54) is 29.1 Å². The molecule has 212 valence electrons. The molecule has 0 aliphatic rings. The van der Waals surface area contributed by atoms with Gasteiger partial charge in [-0.2, -0.15) is 5.10 Å². The van der Waals surface area contributed by atoms with Crippen molar-refractivity contribution >= 4 is 54.5 Å². The van der Waals surface area contributed by atoms with Gasteiger partial charge in [-0.05, 0) is 95.6 Å². The molecule has 5 rings (SSSR count). The number of benzene rings is 5. The Labute approximate surface area is 253 Å². The van der Waals surface area contributed by atoms with E-state index in [0.717, 1.165) is 25.5 Å². The number of nitrogens with one attached hydrogen (secondary N) is 1. The third-order valence-electron chi connectivity index (χ3n) is 6.51. The highest BCUT2D eigenvalue weighted by atomic mass is 79.9. The van der Waals surface area contributed by atoms with Crippen molar-refractivity contribution in [1.29, 1.82) is 0 Å². The molecular formula is C33H28BrN3O4S. The average Bonchev–Trinajstić information content (AvgIpc) is 3.00. The third kappa shape index (κ3) is 7.23. The van der Waals surface area contributed by atoms with Crippen molar-refractivity contribution < 1.29 is 17.9 Å². The summed E-state index contributed by atoms with van der Waals surface area (Å²) in [5, 5.41) is 6.38. The van der Waals surface area contributed by atoms with Crippen LogP contribution in [0.3, 0.4) is 0 Å². The summed E-state index contributed by atoms with van der Waals surface area (Å²) >= 11 is 3.36. The largest absolute Gasteiger partial charge is 0.489 e. The summed E-state index contributed by atoms with van der Waals surface area (Å²) in [6.07, 6.45) is 1.49. The molecule has 0 saturated heterocycles. The molecule has 1 N–H and O–H groups in total. The lowest BCUT2D eigenvalue weighted by Gasteiger charge is -2.23. The molecular weight excluding hydrogens is 614 g/mol. The molecule has 0 atom stereocenters. The van der Waals surface area contributed by atoms with E-state index in [1.54, 1.807) is 36.4 Å². The van der Waals surface area contributed by atoms with Crippen LogP contribution in [0.25, 0.3) is 10.8 Å². The molecule has 0 spiro atoms. The number of nitrogens with zero attached hydrogens (tertiary/aromatic N) is 2. The zero-order valence-electron chi connectivity index (χ0n) is 22.8. The predicted molar refractivity (Wildman–Crippen MR) is 170 cm³/mol. The number of rotatable bonds is 10. The van der Waals surface area contributed by atoms with E-state index >= 15 is 0 Å². The summed E-state index contributed by atoms with van der Waals surface area (Å²) in [6.45, 7) is 1.87. The molecule has 0 bridgehead atoms. The van der Waals surface area contributed by atoms with Crippen molar-refractivity contribution in [2.24, 2.45) is 5.10 Å². The van der Waals surface area contributed by atoms with E-state index in [2.05, 4.69) is 56.8 Å². The third-order valence-corrected chi connectivity index (χ3v) is 8.83. The van der Waals surface area contributed by atoms with Gasteiger partial charge in [0.25, 0.3) is 15.9 Å². The van der Waals surface area contributed by atoms with Crippen LogP contribution in [-0.2, 0) is 21.4 Å². The normalized spacial score (nSPS) is 11.5. The van der Waals surface area contributed by atoms with Crippen LogP contribution >= 0.6 is 15.9 Å². The standard InChI is InChI=1S/C33H28BrN3O4S/c1-24-6-18-32(19-7-24)42(39,40)37(30-14-12-29(34)13-15-30)22-33(38)36-35-21-25-9-16-31(17-10-25)41-23-26-8-11-27-4-2-3-5-28(27)20-26/h2-21H,22-23H2,1H3,(H,36,38)/b35-21-. The maximum Gasteiger partial charge on any atom is 0.264 e. The van der Waals surface area contributed by atoms with Gasteiger partial charge in [0.05, 0.1) is 16.8 Å². The lowest BCUT2D eigenvalue weighted by molar-refractivity contribution is -0.119. The smallest absolute Gasteiger partial charge is 0.264 e. The molecule has 0 unspecified atom stereocenters. The molecule has 42 heavy (non-hydrogen) atoms.